The van der Waals surface area contributed by atoms with Crippen LogP contribution in [0.25, 0.3) is 0 Å². The lowest BCUT2D eigenvalue weighted by Crippen LogP contribution is -2.39. The van der Waals surface area contributed by atoms with Crippen LogP contribution >= 0.6 is 0 Å². The Morgan fingerprint density at radius 1 is 1.55 bits per heavy atom. The highest BCUT2D eigenvalue weighted by atomic mass is 16.6. The normalized spacial score (nSPS) is 29.5. The van der Waals surface area contributed by atoms with Gasteiger partial charge in [-0.15, -0.1) is 6.58 Å². The molecule has 110 valence electrons. The van der Waals surface area contributed by atoms with Crippen LogP contribution in [0.1, 0.15) is 6.23 Å². The van der Waals surface area contributed by atoms with Crippen molar-refractivity contribution in [1.29, 1.82) is 0 Å². The molecule has 0 bridgehead atoms. The number of aliphatic hydroxyl groups is 2. The summed E-state index contributed by atoms with van der Waals surface area (Å²) in [5.41, 5.74) is -1.25. The van der Waals surface area contributed by atoms with Crippen molar-refractivity contribution in [3.8, 4) is 0 Å². The topological polar surface area (TPSA) is 114 Å². The van der Waals surface area contributed by atoms with E-state index < -0.39 is 35.8 Å². The van der Waals surface area contributed by atoms with Gasteiger partial charge < -0.3 is 19.7 Å². The Balaban J connectivity index is 2.27. The van der Waals surface area contributed by atoms with Gasteiger partial charge in [-0.3, -0.25) is 14.3 Å². The fourth-order valence-electron chi connectivity index (χ4n) is 2.11. The van der Waals surface area contributed by atoms with Crippen molar-refractivity contribution in [3.05, 3.63) is 45.8 Å². The third kappa shape index (κ3) is 2.73. The van der Waals surface area contributed by atoms with Gasteiger partial charge in [-0.25, -0.2) is 4.79 Å². The summed E-state index contributed by atoms with van der Waals surface area (Å²) in [5, 5.41) is 19.4. The number of hydrogen-bond acceptors (Lipinski definition) is 6. The Morgan fingerprint density at radius 3 is 2.90 bits per heavy atom. The molecule has 4 atom stereocenters. The molecule has 1 aromatic rings. The highest BCUT2D eigenvalue weighted by Gasteiger charge is 2.45. The van der Waals surface area contributed by atoms with Crippen LogP contribution in [-0.4, -0.2) is 51.3 Å². The standard InChI is InChI=1S/C12H16N2O6/c1-2-5-19-10-7(6-15)20-11(9(10)17)14-4-3-8(16)13-12(14)18/h2-4,7,9-11,15,17H,1,5-6H2,(H,13,16,18)/t7-,9?,10?,11-/m0/s1. The zero-order valence-electron chi connectivity index (χ0n) is 10.6. The highest BCUT2D eigenvalue weighted by molar-refractivity contribution is 4.94. The summed E-state index contributed by atoms with van der Waals surface area (Å²) in [7, 11) is 0. The molecule has 8 nitrogen and oxygen atoms in total. The molecular formula is C12H16N2O6. The van der Waals surface area contributed by atoms with E-state index in [0.717, 1.165) is 10.6 Å². The SMILES string of the molecule is C=CCOC1C(O)[C@@H](n2ccc(=O)[nH]c2=O)O[C@H]1CO. The summed E-state index contributed by atoms with van der Waals surface area (Å²) in [6.45, 7) is 3.30. The van der Waals surface area contributed by atoms with Gasteiger partial charge in [0.1, 0.15) is 18.3 Å². The number of ether oxygens (including phenoxy) is 2. The van der Waals surface area contributed by atoms with Crippen LogP contribution in [0.15, 0.2) is 34.5 Å². The molecule has 0 saturated carbocycles. The van der Waals surface area contributed by atoms with Crippen LogP contribution in [-0.2, 0) is 9.47 Å². The summed E-state index contributed by atoms with van der Waals surface area (Å²) in [4.78, 5) is 24.8. The van der Waals surface area contributed by atoms with Crippen LogP contribution in [0.4, 0.5) is 0 Å². The average Bonchev–Trinajstić information content (AvgIpc) is 2.73. The minimum atomic E-state index is -1.16. The zero-order valence-corrected chi connectivity index (χ0v) is 10.6. The van der Waals surface area contributed by atoms with Gasteiger partial charge in [-0.05, 0) is 0 Å². The van der Waals surface area contributed by atoms with E-state index >= 15 is 0 Å². The fourth-order valence-corrected chi connectivity index (χ4v) is 2.11. The maximum atomic E-state index is 11.7. The molecule has 1 saturated heterocycles. The molecule has 0 spiro atoms. The second kappa shape index (κ2) is 6.14. The van der Waals surface area contributed by atoms with Crippen molar-refractivity contribution in [3.63, 3.8) is 0 Å². The van der Waals surface area contributed by atoms with E-state index in [1.165, 1.54) is 12.3 Å². The van der Waals surface area contributed by atoms with Crippen molar-refractivity contribution in [2.75, 3.05) is 13.2 Å². The molecule has 1 fully saturated rings. The summed E-state index contributed by atoms with van der Waals surface area (Å²) < 4.78 is 11.8. The maximum absolute atomic E-state index is 11.7. The van der Waals surface area contributed by atoms with E-state index in [4.69, 9.17) is 9.47 Å². The van der Waals surface area contributed by atoms with Crippen LogP contribution in [0.5, 0.6) is 0 Å². The number of nitrogens with one attached hydrogen (secondary N) is 1. The first-order valence-corrected chi connectivity index (χ1v) is 6.07. The number of rotatable bonds is 5. The monoisotopic (exact) mass is 284 g/mol. The molecule has 3 N–H and O–H groups in total. The predicted molar refractivity (Wildman–Crippen MR) is 68.3 cm³/mol. The molecule has 0 amide bonds. The van der Waals surface area contributed by atoms with Crippen molar-refractivity contribution >= 4 is 0 Å². The van der Waals surface area contributed by atoms with Crippen molar-refractivity contribution in [2.45, 2.75) is 24.5 Å². The van der Waals surface area contributed by atoms with E-state index in [2.05, 4.69) is 11.6 Å². The second-order valence-corrected chi connectivity index (χ2v) is 4.34. The molecule has 2 rings (SSSR count). The van der Waals surface area contributed by atoms with Gasteiger partial charge in [-0.2, -0.15) is 0 Å². The van der Waals surface area contributed by atoms with Gasteiger partial charge in [0.2, 0.25) is 0 Å². The first kappa shape index (κ1) is 14.7. The summed E-state index contributed by atoms with van der Waals surface area (Å²) in [6, 6.07) is 1.14. The lowest BCUT2D eigenvalue weighted by atomic mass is 10.1. The molecular weight excluding hydrogens is 268 g/mol. The van der Waals surface area contributed by atoms with Crippen LogP contribution in [0.2, 0.25) is 0 Å². The first-order valence-electron chi connectivity index (χ1n) is 6.07. The van der Waals surface area contributed by atoms with Gasteiger partial charge in [0.05, 0.1) is 13.2 Å². The van der Waals surface area contributed by atoms with Crippen LogP contribution in [0.3, 0.4) is 0 Å². The number of nitrogens with zero attached hydrogens (tertiary/aromatic N) is 1. The Kier molecular flexibility index (Phi) is 4.50. The number of hydrogen-bond donors (Lipinski definition) is 3. The molecule has 0 radical (unpaired) electrons. The van der Waals surface area contributed by atoms with Gasteiger partial charge >= 0.3 is 5.69 Å². The Labute approximate surface area is 113 Å². The predicted octanol–water partition coefficient (Wildman–Crippen LogP) is -1.64. The summed E-state index contributed by atoms with van der Waals surface area (Å²) >= 11 is 0. The summed E-state index contributed by atoms with van der Waals surface area (Å²) in [5.74, 6) is 0. The number of aromatic amines is 1. The largest absolute Gasteiger partial charge is 0.394 e. The van der Waals surface area contributed by atoms with Gasteiger partial charge in [0.15, 0.2) is 6.23 Å². The lowest BCUT2D eigenvalue weighted by molar-refractivity contribution is -0.0591. The quantitative estimate of drug-likeness (QED) is 0.559. The Hall–Kier alpha value is -1.74. The van der Waals surface area contributed by atoms with Crippen molar-refractivity contribution in [2.24, 2.45) is 0 Å². The Bertz CT molecular complexity index is 580. The van der Waals surface area contributed by atoms with Crippen molar-refractivity contribution < 1.29 is 19.7 Å². The zero-order chi connectivity index (χ0) is 14.7. The lowest BCUT2D eigenvalue weighted by Gasteiger charge is -2.19. The van der Waals surface area contributed by atoms with E-state index in [9.17, 15) is 19.8 Å². The third-order valence-corrected chi connectivity index (χ3v) is 3.02. The van der Waals surface area contributed by atoms with Crippen LogP contribution in [0, 0.1) is 0 Å². The molecule has 1 aromatic heterocycles. The molecule has 8 heteroatoms. The van der Waals surface area contributed by atoms with Crippen LogP contribution < -0.4 is 11.2 Å². The smallest absolute Gasteiger partial charge is 0.330 e. The minimum absolute atomic E-state index is 0.175. The average molecular weight is 284 g/mol. The fraction of sp³-hybridized carbons (Fsp3) is 0.500. The van der Waals surface area contributed by atoms with Crippen molar-refractivity contribution in [1.82, 2.24) is 9.55 Å². The minimum Gasteiger partial charge on any atom is -0.394 e. The van der Waals surface area contributed by atoms with E-state index in [1.807, 2.05) is 0 Å². The molecule has 20 heavy (non-hydrogen) atoms. The maximum Gasteiger partial charge on any atom is 0.330 e. The molecule has 0 aliphatic carbocycles. The number of aromatic nitrogens is 2. The third-order valence-electron chi connectivity index (χ3n) is 3.02. The summed E-state index contributed by atoms with van der Waals surface area (Å²) in [6.07, 6.45) is -1.03. The molecule has 0 aromatic carbocycles. The van der Waals surface area contributed by atoms with E-state index in [0.29, 0.717) is 0 Å². The number of aliphatic hydroxyl groups excluding tert-OH is 2. The molecule has 2 heterocycles. The number of H-pyrrole nitrogens is 1. The first-order chi connectivity index (χ1) is 9.58. The molecule has 1 aliphatic rings. The van der Waals surface area contributed by atoms with Gasteiger partial charge in [0, 0.05) is 12.3 Å². The second-order valence-electron chi connectivity index (χ2n) is 4.34. The molecule has 2 unspecified atom stereocenters. The highest BCUT2D eigenvalue weighted by Crippen LogP contribution is 2.30. The van der Waals surface area contributed by atoms with Gasteiger partial charge in [-0.1, -0.05) is 6.08 Å². The van der Waals surface area contributed by atoms with Gasteiger partial charge in [0.25, 0.3) is 5.56 Å². The van der Waals surface area contributed by atoms with E-state index in [-0.39, 0.29) is 13.2 Å². The Morgan fingerprint density at radius 2 is 2.30 bits per heavy atom. The molecule has 1 aliphatic heterocycles. The van der Waals surface area contributed by atoms with E-state index in [1.54, 1.807) is 0 Å².